The molecule has 0 atom stereocenters. The van der Waals surface area contributed by atoms with Crippen LogP contribution in [0.3, 0.4) is 0 Å². The van der Waals surface area contributed by atoms with Crippen LogP contribution in [0.4, 0.5) is 10.8 Å². The van der Waals surface area contributed by atoms with Crippen LogP contribution in [0, 0.1) is 10.1 Å². The molecule has 0 amide bonds. The van der Waals surface area contributed by atoms with Crippen molar-refractivity contribution >= 4 is 39.5 Å². The van der Waals surface area contributed by atoms with Gasteiger partial charge in [-0.3, -0.25) is 15.5 Å². The fraction of sp³-hybridized carbons (Fsp3) is 0.0833. The van der Waals surface area contributed by atoms with Crippen molar-refractivity contribution in [2.24, 2.45) is 5.10 Å². The number of hydrazone groups is 1. The number of nitrogens with one attached hydrogen (secondary N) is 1. The zero-order valence-electron chi connectivity index (χ0n) is 17.6. The Morgan fingerprint density at radius 1 is 1.12 bits per heavy atom. The number of thiazole rings is 1. The van der Waals surface area contributed by atoms with Crippen LogP contribution in [-0.4, -0.2) is 15.6 Å². The topological polar surface area (TPSA) is 89.7 Å². The lowest BCUT2D eigenvalue weighted by atomic mass is 10.1. The van der Waals surface area contributed by atoms with Crippen LogP contribution in [0.5, 0.6) is 5.75 Å². The molecule has 0 radical (unpaired) electrons. The van der Waals surface area contributed by atoms with E-state index in [4.69, 9.17) is 16.3 Å². The van der Waals surface area contributed by atoms with E-state index < -0.39 is 4.92 Å². The Morgan fingerprint density at radius 3 is 2.55 bits per heavy atom. The smallest absolute Gasteiger partial charge is 0.269 e. The van der Waals surface area contributed by atoms with Crippen molar-refractivity contribution in [3.8, 4) is 17.0 Å². The van der Waals surface area contributed by atoms with Crippen molar-refractivity contribution in [3.05, 3.63) is 104 Å². The first-order chi connectivity index (χ1) is 16.0. The maximum atomic E-state index is 10.8. The van der Waals surface area contributed by atoms with Crippen LogP contribution >= 0.6 is 22.9 Å². The van der Waals surface area contributed by atoms with E-state index in [1.807, 2.05) is 60.8 Å². The maximum Gasteiger partial charge on any atom is 0.269 e. The molecule has 1 aromatic heterocycles. The monoisotopic (exact) mass is 478 g/mol. The number of nitro groups is 1. The minimum Gasteiger partial charge on any atom is -0.489 e. The highest BCUT2D eigenvalue weighted by Crippen LogP contribution is 2.26. The zero-order chi connectivity index (χ0) is 23.2. The second kappa shape index (κ2) is 10.2. The number of non-ortho nitro benzene ring substituents is 1. The molecule has 0 fully saturated rings. The average molecular weight is 479 g/mol. The Morgan fingerprint density at radius 2 is 1.85 bits per heavy atom. The molecule has 3 aromatic carbocycles. The van der Waals surface area contributed by atoms with Gasteiger partial charge in [0.15, 0.2) is 0 Å². The van der Waals surface area contributed by atoms with Gasteiger partial charge < -0.3 is 4.74 Å². The second-order valence-corrected chi connectivity index (χ2v) is 8.32. The first-order valence-electron chi connectivity index (χ1n) is 9.97. The number of rotatable bonds is 8. The average Bonchev–Trinajstić information content (AvgIpc) is 3.31. The van der Waals surface area contributed by atoms with Crippen LogP contribution in [-0.2, 0) is 6.61 Å². The van der Waals surface area contributed by atoms with Gasteiger partial charge in [0.05, 0.1) is 16.3 Å². The number of hydrogen-bond donors (Lipinski definition) is 1. The molecule has 4 rings (SSSR count). The molecule has 1 heterocycles. The van der Waals surface area contributed by atoms with E-state index in [0.29, 0.717) is 16.8 Å². The van der Waals surface area contributed by atoms with Gasteiger partial charge in [-0.05, 0) is 55.0 Å². The summed E-state index contributed by atoms with van der Waals surface area (Å²) >= 11 is 7.57. The molecule has 0 spiro atoms. The summed E-state index contributed by atoms with van der Waals surface area (Å²) in [6, 6.07) is 21.5. The molecule has 4 aromatic rings. The molecular formula is C24H19ClN4O3S. The SMILES string of the molecule is C/C(=N/Nc1nc(-c2ccc([N+](=O)[O-])cc2)cs1)c1ccc(OCc2ccccc2Cl)cc1. The van der Waals surface area contributed by atoms with E-state index in [1.165, 1.54) is 23.5 Å². The highest BCUT2D eigenvalue weighted by molar-refractivity contribution is 7.14. The number of halogens is 1. The zero-order valence-corrected chi connectivity index (χ0v) is 19.1. The lowest BCUT2D eigenvalue weighted by molar-refractivity contribution is -0.384. The Hall–Kier alpha value is -3.75. The lowest BCUT2D eigenvalue weighted by Gasteiger charge is -2.08. The summed E-state index contributed by atoms with van der Waals surface area (Å²) in [6.45, 7) is 2.30. The predicted molar refractivity (Wildman–Crippen MR) is 132 cm³/mol. The first-order valence-corrected chi connectivity index (χ1v) is 11.2. The van der Waals surface area contributed by atoms with Crippen molar-refractivity contribution in [3.63, 3.8) is 0 Å². The number of ether oxygens (including phenoxy) is 1. The van der Waals surface area contributed by atoms with E-state index in [0.717, 1.165) is 33.8 Å². The molecule has 7 nitrogen and oxygen atoms in total. The van der Waals surface area contributed by atoms with Gasteiger partial charge in [-0.1, -0.05) is 29.8 Å². The van der Waals surface area contributed by atoms with E-state index in [2.05, 4.69) is 15.5 Å². The van der Waals surface area contributed by atoms with Gasteiger partial charge in [-0.25, -0.2) is 4.98 Å². The molecule has 1 N–H and O–H groups in total. The summed E-state index contributed by atoms with van der Waals surface area (Å²) in [6.07, 6.45) is 0. The van der Waals surface area contributed by atoms with Gasteiger partial charge in [-0.2, -0.15) is 5.10 Å². The molecule has 0 aliphatic carbocycles. The van der Waals surface area contributed by atoms with Crippen molar-refractivity contribution in [1.82, 2.24) is 4.98 Å². The molecule has 0 saturated heterocycles. The fourth-order valence-corrected chi connectivity index (χ4v) is 3.83. The number of aromatic nitrogens is 1. The van der Waals surface area contributed by atoms with Gasteiger partial charge in [-0.15, -0.1) is 11.3 Å². The molecule has 0 bridgehead atoms. The number of anilines is 1. The molecule has 0 aliphatic rings. The molecule has 0 aliphatic heterocycles. The van der Waals surface area contributed by atoms with Crippen LogP contribution < -0.4 is 10.2 Å². The Labute approximate surface area is 199 Å². The highest BCUT2D eigenvalue weighted by atomic mass is 35.5. The third-order valence-corrected chi connectivity index (χ3v) is 5.94. The predicted octanol–water partition coefficient (Wildman–Crippen LogP) is 6.79. The van der Waals surface area contributed by atoms with Crippen molar-refractivity contribution < 1.29 is 9.66 Å². The normalized spacial score (nSPS) is 11.3. The minimum atomic E-state index is -0.424. The summed E-state index contributed by atoms with van der Waals surface area (Å²) in [4.78, 5) is 14.9. The third kappa shape index (κ3) is 5.74. The summed E-state index contributed by atoms with van der Waals surface area (Å²) in [5.74, 6) is 0.743. The van der Waals surface area contributed by atoms with Crippen molar-refractivity contribution in [2.75, 3.05) is 5.43 Å². The molecule has 0 saturated carbocycles. The van der Waals surface area contributed by atoms with Crippen LogP contribution in [0.15, 0.2) is 83.3 Å². The van der Waals surface area contributed by atoms with Gasteiger partial charge >= 0.3 is 0 Å². The molecule has 166 valence electrons. The molecule has 33 heavy (non-hydrogen) atoms. The Kier molecular flexibility index (Phi) is 6.97. The van der Waals surface area contributed by atoms with Gasteiger partial charge in [0.1, 0.15) is 12.4 Å². The van der Waals surface area contributed by atoms with E-state index >= 15 is 0 Å². The number of hydrogen-bond acceptors (Lipinski definition) is 7. The molecular weight excluding hydrogens is 460 g/mol. The first kappa shape index (κ1) is 22.4. The van der Waals surface area contributed by atoms with E-state index in [9.17, 15) is 10.1 Å². The van der Waals surface area contributed by atoms with Gasteiger partial charge in [0, 0.05) is 33.7 Å². The minimum absolute atomic E-state index is 0.0489. The van der Waals surface area contributed by atoms with E-state index in [-0.39, 0.29) is 5.69 Å². The quantitative estimate of drug-likeness (QED) is 0.171. The standard InChI is InChI=1S/C24H19ClN4O3S/c1-16(17-8-12-21(13-9-17)32-14-19-4-2-3-5-22(19)25)27-28-24-26-23(15-33-24)18-6-10-20(11-7-18)29(30)31/h2-13,15H,14H2,1H3,(H,26,28)/b27-16-. The van der Waals surface area contributed by atoms with Crippen LogP contribution in [0.25, 0.3) is 11.3 Å². The van der Waals surface area contributed by atoms with Gasteiger partial charge in [0.25, 0.3) is 5.69 Å². The van der Waals surface area contributed by atoms with Crippen LogP contribution in [0.2, 0.25) is 5.02 Å². The highest BCUT2D eigenvalue weighted by Gasteiger charge is 2.08. The second-order valence-electron chi connectivity index (χ2n) is 7.06. The summed E-state index contributed by atoms with van der Waals surface area (Å²) in [5.41, 5.74) is 7.22. The number of nitrogens with zero attached hydrogens (tertiary/aromatic N) is 3. The largest absolute Gasteiger partial charge is 0.489 e. The van der Waals surface area contributed by atoms with Crippen LogP contribution in [0.1, 0.15) is 18.1 Å². The third-order valence-electron chi connectivity index (χ3n) is 4.82. The summed E-state index contributed by atoms with van der Waals surface area (Å²) < 4.78 is 5.82. The summed E-state index contributed by atoms with van der Waals surface area (Å²) in [5, 5.41) is 18.4. The Balaban J connectivity index is 1.36. The van der Waals surface area contributed by atoms with Crippen molar-refractivity contribution in [1.29, 1.82) is 0 Å². The maximum absolute atomic E-state index is 10.8. The summed E-state index contributed by atoms with van der Waals surface area (Å²) in [7, 11) is 0. The fourth-order valence-electron chi connectivity index (χ4n) is 2.98. The number of nitro benzene ring substituents is 1. The molecule has 9 heteroatoms. The lowest BCUT2D eigenvalue weighted by Crippen LogP contribution is -2.00. The van der Waals surface area contributed by atoms with Crippen molar-refractivity contribution in [2.45, 2.75) is 13.5 Å². The Bertz CT molecular complexity index is 1290. The molecule has 0 unspecified atom stereocenters. The van der Waals surface area contributed by atoms with E-state index in [1.54, 1.807) is 12.1 Å². The van der Waals surface area contributed by atoms with Gasteiger partial charge in [0.2, 0.25) is 5.13 Å². The number of benzene rings is 3.